The second kappa shape index (κ2) is 8.38. The van der Waals surface area contributed by atoms with Crippen LogP contribution in [0.2, 0.25) is 0 Å². The van der Waals surface area contributed by atoms with Gasteiger partial charge in [0.25, 0.3) is 0 Å². The molecule has 0 atom stereocenters. The SMILES string of the molecule is O=S(=O)(OC1(OC2(OS(=O)(=O)C(F)(F)F)C=CC=CC=C2)C=CC=CC=C1)C(F)(F)F. The Morgan fingerprint density at radius 1 is 0.516 bits per heavy atom. The summed E-state index contributed by atoms with van der Waals surface area (Å²) in [5.41, 5.74) is -11.9. The number of halogens is 6. The zero-order valence-corrected chi connectivity index (χ0v) is 16.5. The molecule has 0 fully saturated rings. The normalized spacial score (nSPS) is 20.6. The van der Waals surface area contributed by atoms with Gasteiger partial charge in [0.15, 0.2) is 0 Å². The highest BCUT2D eigenvalue weighted by Gasteiger charge is 2.56. The fourth-order valence-corrected chi connectivity index (χ4v) is 3.26. The second-order valence-electron chi connectivity index (χ2n) is 5.72. The van der Waals surface area contributed by atoms with Crippen molar-refractivity contribution in [3.05, 3.63) is 72.9 Å². The van der Waals surface area contributed by atoms with Crippen molar-refractivity contribution < 1.29 is 56.3 Å². The zero-order chi connectivity index (χ0) is 23.6. The van der Waals surface area contributed by atoms with Gasteiger partial charge in [0.1, 0.15) is 0 Å². The first kappa shape index (κ1) is 25.1. The van der Waals surface area contributed by atoms with Crippen LogP contribution in [0.3, 0.4) is 0 Å². The summed E-state index contributed by atoms with van der Waals surface area (Å²) in [6.07, 6.45) is 11.0. The van der Waals surface area contributed by atoms with Gasteiger partial charge in [0.05, 0.1) is 0 Å². The van der Waals surface area contributed by atoms with Crippen molar-refractivity contribution in [3.8, 4) is 0 Å². The predicted molar refractivity (Wildman–Crippen MR) is 93.5 cm³/mol. The van der Waals surface area contributed by atoms with Gasteiger partial charge in [-0.2, -0.15) is 43.2 Å². The molecule has 0 aromatic heterocycles. The van der Waals surface area contributed by atoms with Crippen LogP contribution < -0.4 is 0 Å². The molecule has 15 heteroatoms. The molecule has 0 aromatic carbocycles. The van der Waals surface area contributed by atoms with Crippen molar-refractivity contribution in [3.63, 3.8) is 0 Å². The lowest BCUT2D eigenvalue weighted by atomic mass is 10.2. The summed E-state index contributed by atoms with van der Waals surface area (Å²) in [4.78, 5) is 0. The molecule has 0 heterocycles. The van der Waals surface area contributed by atoms with Crippen molar-refractivity contribution in [1.82, 2.24) is 0 Å². The Morgan fingerprint density at radius 3 is 1.00 bits per heavy atom. The van der Waals surface area contributed by atoms with E-state index in [0.717, 1.165) is 24.3 Å². The number of allylic oxidation sites excluding steroid dienone is 8. The van der Waals surface area contributed by atoms with Crippen molar-refractivity contribution in [2.75, 3.05) is 0 Å². The summed E-state index contributed by atoms with van der Waals surface area (Å²) in [6.45, 7) is 0. The minimum absolute atomic E-state index is 0.599. The minimum atomic E-state index is -6.38. The maximum absolute atomic E-state index is 12.9. The van der Waals surface area contributed by atoms with Gasteiger partial charge in [-0.1, -0.05) is 48.6 Å². The highest BCUT2D eigenvalue weighted by molar-refractivity contribution is 7.87. The van der Waals surface area contributed by atoms with Crippen LogP contribution in [0.25, 0.3) is 0 Å². The van der Waals surface area contributed by atoms with Crippen LogP contribution in [0.15, 0.2) is 72.9 Å². The van der Waals surface area contributed by atoms with Crippen molar-refractivity contribution in [2.45, 2.75) is 22.6 Å². The van der Waals surface area contributed by atoms with Crippen molar-refractivity contribution in [1.29, 1.82) is 0 Å². The number of rotatable bonds is 6. The summed E-state index contributed by atoms with van der Waals surface area (Å²) in [5.74, 6) is -6.12. The molecule has 2 aliphatic carbocycles. The quantitative estimate of drug-likeness (QED) is 0.241. The Bertz CT molecular complexity index is 956. The number of hydrogen-bond acceptors (Lipinski definition) is 7. The van der Waals surface area contributed by atoms with Gasteiger partial charge >= 0.3 is 31.3 Å². The first-order chi connectivity index (χ1) is 14.0. The van der Waals surface area contributed by atoms with E-state index in [9.17, 15) is 43.2 Å². The van der Waals surface area contributed by atoms with E-state index in [1.165, 1.54) is 24.3 Å². The van der Waals surface area contributed by atoms with Crippen molar-refractivity contribution in [2.24, 2.45) is 0 Å². The molecule has 0 bridgehead atoms. The Morgan fingerprint density at radius 2 is 0.774 bits per heavy atom. The summed E-state index contributed by atoms with van der Waals surface area (Å²) < 4.78 is 137. The van der Waals surface area contributed by atoms with Crippen LogP contribution in [-0.4, -0.2) is 39.4 Å². The monoisotopic (exact) mass is 494 g/mol. The summed E-state index contributed by atoms with van der Waals surface area (Å²) in [7, 11) is -12.8. The molecule has 2 rings (SSSR count). The third kappa shape index (κ3) is 5.94. The van der Waals surface area contributed by atoms with Crippen LogP contribution in [0.5, 0.6) is 0 Å². The zero-order valence-electron chi connectivity index (χ0n) is 14.9. The van der Waals surface area contributed by atoms with E-state index < -0.39 is 42.8 Å². The molecule has 0 unspecified atom stereocenters. The molecule has 31 heavy (non-hydrogen) atoms. The Labute approximate surface area is 172 Å². The Kier molecular flexibility index (Phi) is 6.78. The third-order valence-electron chi connectivity index (χ3n) is 3.35. The molecule has 0 radical (unpaired) electrons. The topological polar surface area (TPSA) is 96.0 Å². The standard InChI is InChI=1S/C16H12F6O7S2/c17-15(18,19)30(23,24)28-13(9-5-1-2-6-10-13)27-14(11-7-3-4-8-12-14)29-31(25,26)16(20,21)22/h1-12H. The molecule has 0 saturated heterocycles. The Balaban J connectivity index is 2.62. The molecule has 172 valence electrons. The lowest BCUT2D eigenvalue weighted by Crippen LogP contribution is -2.48. The summed E-state index contributed by atoms with van der Waals surface area (Å²) in [5, 5.41) is 0. The van der Waals surface area contributed by atoms with Gasteiger partial charge in [0.2, 0.25) is 11.6 Å². The first-order valence-corrected chi connectivity index (χ1v) is 10.7. The van der Waals surface area contributed by atoms with Gasteiger partial charge in [-0.05, 0) is 24.3 Å². The number of alkyl halides is 6. The van der Waals surface area contributed by atoms with Gasteiger partial charge < -0.3 is 4.74 Å². The molecule has 2 aliphatic rings. The maximum Gasteiger partial charge on any atom is 0.523 e. The van der Waals surface area contributed by atoms with Crippen LogP contribution in [0, 0.1) is 0 Å². The average Bonchev–Trinajstić information content (AvgIpc) is 2.93. The molecule has 7 nitrogen and oxygen atoms in total. The lowest BCUT2D eigenvalue weighted by Gasteiger charge is -2.36. The van der Waals surface area contributed by atoms with E-state index >= 15 is 0 Å². The van der Waals surface area contributed by atoms with Crippen LogP contribution in [0.1, 0.15) is 0 Å². The van der Waals surface area contributed by atoms with Gasteiger partial charge in [0, 0.05) is 0 Å². The van der Waals surface area contributed by atoms with Crippen LogP contribution in [-0.2, 0) is 33.3 Å². The Hall–Kier alpha value is -2.20. The minimum Gasteiger partial charge on any atom is -0.301 e. The van der Waals surface area contributed by atoms with Crippen LogP contribution in [0.4, 0.5) is 26.3 Å². The highest BCUT2D eigenvalue weighted by atomic mass is 32.2. The maximum atomic E-state index is 12.9. The molecule has 0 amide bonds. The fourth-order valence-electron chi connectivity index (χ4n) is 2.09. The van der Waals surface area contributed by atoms with E-state index in [0.29, 0.717) is 24.3 Å². The average molecular weight is 494 g/mol. The molecule has 0 aromatic rings. The largest absolute Gasteiger partial charge is 0.523 e. The molecule has 0 spiro atoms. The van der Waals surface area contributed by atoms with Crippen molar-refractivity contribution >= 4 is 20.2 Å². The fraction of sp³-hybridized carbons (Fsp3) is 0.250. The van der Waals surface area contributed by atoms with Gasteiger partial charge in [-0.15, -0.1) is 0 Å². The van der Waals surface area contributed by atoms with E-state index in [1.54, 1.807) is 0 Å². The molecule has 0 aliphatic heterocycles. The molecule has 0 saturated carbocycles. The highest BCUT2D eigenvalue weighted by Crippen LogP contribution is 2.38. The lowest BCUT2D eigenvalue weighted by molar-refractivity contribution is -0.230. The van der Waals surface area contributed by atoms with Gasteiger partial charge in [-0.25, -0.2) is 8.37 Å². The number of ether oxygens (including phenoxy) is 1. The molecule has 0 N–H and O–H groups in total. The van der Waals surface area contributed by atoms with Crippen LogP contribution >= 0.6 is 0 Å². The smallest absolute Gasteiger partial charge is 0.301 e. The van der Waals surface area contributed by atoms with E-state index in [-0.39, 0.29) is 0 Å². The third-order valence-corrected chi connectivity index (χ3v) is 5.44. The molecular formula is C16H12F6O7S2. The summed E-state index contributed by atoms with van der Waals surface area (Å²) >= 11 is 0. The predicted octanol–water partition coefficient (Wildman–Crippen LogP) is 3.49. The number of hydrogen-bond donors (Lipinski definition) is 0. The second-order valence-corrected chi connectivity index (χ2v) is 8.79. The molecular weight excluding hydrogens is 482 g/mol. The summed E-state index contributed by atoms with van der Waals surface area (Å²) in [6, 6.07) is 0. The van der Waals surface area contributed by atoms with E-state index in [1.807, 2.05) is 0 Å². The van der Waals surface area contributed by atoms with E-state index in [2.05, 4.69) is 8.37 Å². The van der Waals surface area contributed by atoms with Gasteiger partial charge in [-0.3, -0.25) is 0 Å². The first-order valence-electron chi connectivity index (χ1n) is 7.85. The van der Waals surface area contributed by atoms with E-state index in [4.69, 9.17) is 4.74 Å².